The molecule has 1 unspecified atom stereocenters. The van der Waals surface area contributed by atoms with Crippen molar-refractivity contribution in [1.82, 2.24) is 4.98 Å². The molecule has 0 aliphatic carbocycles. The molecular weight excluding hydrogens is 358 g/mol. The minimum Gasteiger partial charge on any atom is -0.461 e. The van der Waals surface area contributed by atoms with Gasteiger partial charge < -0.3 is 24.7 Å². The highest BCUT2D eigenvalue weighted by Crippen LogP contribution is 2.35. The molecule has 2 N–H and O–H groups in total. The molecule has 1 rings (SSSR count). The van der Waals surface area contributed by atoms with Gasteiger partial charge in [-0.25, -0.2) is 9.59 Å². The number of carbonyl (C=O) groups is 2. The molecule has 128 valence electrons. The maximum Gasteiger partial charge on any atom is 0.511 e. The van der Waals surface area contributed by atoms with Crippen LogP contribution >= 0.6 is 23.2 Å². The Bertz CT molecular complexity index is 616. The lowest BCUT2D eigenvalue weighted by Gasteiger charge is -2.18. The summed E-state index contributed by atoms with van der Waals surface area (Å²) in [4.78, 5) is 26.0. The Morgan fingerprint density at radius 2 is 1.83 bits per heavy atom. The number of anilines is 1. The molecule has 23 heavy (non-hydrogen) atoms. The molecule has 0 saturated carbocycles. The number of hydrogen-bond acceptors (Lipinski definition) is 8. The van der Waals surface area contributed by atoms with E-state index >= 15 is 0 Å². The summed E-state index contributed by atoms with van der Waals surface area (Å²) in [6.07, 6.45) is -3.50. The molecule has 8 nitrogen and oxygen atoms in total. The Morgan fingerprint density at radius 1 is 1.22 bits per heavy atom. The van der Waals surface area contributed by atoms with Gasteiger partial charge >= 0.3 is 12.1 Å². The van der Waals surface area contributed by atoms with Crippen LogP contribution in [0.4, 0.5) is 14.9 Å². The fourth-order valence-corrected chi connectivity index (χ4v) is 1.64. The number of nitrogens with zero attached hydrogens (tertiary/aromatic N) is 1. The monoisotopic (exact) mass is 370 g/mol. The first-order chi connectivity index (χ1) is 10.7. The Morgan fingerprint density at radius 3 is 2.39 bits per heavy atom. The number of halogens is 3. The summed E-state index contributed by atoms with van der Waals surface area (Å²) in [5.74, 6) is -2.46. The molecular formula is C12H13Cl2FN2O6. The first kappa shape index (κ1) is 19.0. The van der Waals surface area contributed by atoms with Crippen molar-refractivity contribution in [2.45, 2.75) is 26.2 Å². The number of nitrogen functional groups attached to an aromatic ring is 1. The number of nitrogens with two attached hydrogens (primary N) is 1. The zero-order valence-corrected chi connectivity index (χ0v) is 13.8. The number of esters is 1. The van der Waals surface area contributed by atoms with E-state index in [0.29, 0.717) is 0 Å². The summed E-state index contributed by atoms with van der Waals surface area (Å²) in [6.45, 7) is 2.57. The third kappa shape index (κ3) is 5.00. The SMILES string of the molecule is COC(=O)OC(C)OC(=O)[C@@H](C)Oc1nc(F)c(Cl)c(N)c1Cl. The van der Waals surface area contributed by atoms with Crippen molar-refractivity contribution in [3.05, 3.63) is 16.0 Å². The minimum atomic E-state index is -1.25. The lowest BCUT2D eigenvalue weighted by molar-refractivity contribution is -0.174. The van der Waals surface area contributed by atoms with Crippen molar-refractivity contribution < 1.29 is 32.9 Å². The molecule has 0 aliphatic heterocycles. The molecule has 0 radical (unpaired) electrons. The predicted molar refractivity (Wildman–Crippen MR) is 77.8 cm³/mol. The summed E-state index contributed by atoms with van der Waals surface area (Å²) >= 11 is 11.3. The van der Waals surface area contributed by atoms with Gasteiger partial charge in [0.2, 0.25) is 18.1 Å². The fraction of sp³-hybridized carbons (Fsp3) is 0.417. The highest BCUT2D eigenvalue weighted by atomic mass is 35.5. The van der Waals surface area contributed by atoms with Crippen LogP contribution in [0.1, 0.15) is 13.8 Å². The number of carbonyl (C=O) groups excluding carboxylic acids is 2. The molecule has 11 heteroatoms. The summed E-state index contributed by atoms with van der Waals surface area (Å²) in [6, 6.07) is 0. The van der Waals surface area contributed by atoms with Gasteiger partial charge in [0.15, 0.2) is 6.10 Å². The van der Waals surface area contributed by atoms with Gasteiger partial charge in [0.1, 0.15) is 10.0 Å². The molecule has 0 bridgehead atoms. The van der Waals surface area contributed by atoms with Gasteiger partial charge in [-0.05, 0) is 6.92 Å². The van der Waals surface area contributed by atoms with E-state index < -0.39 is 41.4 Å². The molecule has 0 amide bonds. The van der Waals surface area contributed by atoms with Gasteiger partial charge in [-0.1, -0.05) is 23.2 Å². The third-order valence-corrected chi connectivity index (χ3v) is 3.10. The maximum absolute atomic E-state index is 13.4. The zero-order valence-electron chi connectivity index (χ0n) is 12.3. The average Bonchev–Trinajstić information content (AvgIpc) is 2.49. The standard InChI is InChI=1S/C12H13Cl2FN2O6/c1-4(11(18)22-5(2)23-12(19)20-3)21-10-7(14)8(16)6(13)9(15)17-10/h4-5H,1-3H3,(H2,16,17)/t4-,5?/m1/s1. The zero-order chi connectivity index (χ0) is 17.7. The first-order valence-electron chi connectivity index (χ1n) is 6.09. The summed E-state index contributed by atoms with van der Waals surface area (Å²) in [5, 5.41) is -0.715. The second-order valence-electron chi connectivity index (χ2n) is 4.09. The van der Waals surface area contributed by atoms with E-state index in [1.54, 1.807) is 0 Å². The van der Waals surface area contributed by atoms with Crippen LogP contribution in [0.5, 0.6) is 5.88 Å². The molecule has 2 atom stereocenters. The number of methoxy groups -OCH3 is 1. The maximum atomic E-state index is 13.4. The van der Waals surface area contributed by atoms with E-state index in [1.165, 1.54) is 13.8 Å². The first-order valence-corrected chi connectivity index (χ1v) is 6.84. The van der Waals surface area contributed by atoms with Crippen LogP contribution in [0.3, 0.4) is 0 Å². The van der Waals surface area contributed by atoms with Gasteiger partial charge in [0, 0.05) is 6.92 Å². The molecule has 1 aromatic rings. The Kier molecular flexibility index (Phi) is 6.64. The van der Waals surface area contributed by atoms with Crippen LogP contribution in [0.15, 0.2) is 0 Å². The Hall–Kier alpha value is -2.00. The molecule has 0 aromatic carbocycles. The van der Waals surface area contributed by atoms with Crippen molar-refractivity contribution in [2.24, 2.45) is 0 Å². The largest absolute Gasteiger partial charge is 0.511 e. The second-order valence-corrected chi connectivity index (χ2v) is 4.84. The number of ether oxygens (including phenoxy) is 4. The van der Waals surface area contributed by atoms with E-state index in [4.69, 9.17) is 38.4 Å². The molecule has 0 aliphatic rings. The van der Waals surface area contributed by atoms with Gasteiger partial charge in [-0.2, -0.15) is 9.37 Å². The number of hydrogen-bond donors (Lipinski definition) is 1. The third-order valence-electron chi connectivity index (χ3n) is 2.37. The average molecular weight is 371 g/mol. The summed E-state index contributed by atoms with van der Waals surface area (Å²) in [7, 11) is 1.09. The van der Waals surface area contributed by atoms with E-state index in [9.17, 15) is 14.0 Å². The lowest BCUT2D eigenvalue weighted by Crippen LogP contribution is -2.31. The van der Waals surface area contributed by atoms with Crippen LogP contribution in [-0.4, -0.2) is 36.6 Å². The van der Waals surface area contributed by atoms with Crippen LogP contribution in [0.2, 0.25) is 10.0 Å². The number of rotatable bonds is 5. The lowest BCUT2D eigenvalue weighted by atomic mass is 10.4. The smallest absolute Gasteiger partial charge is 0.461 e. The highest BCUT2D eigenvalue weighted by molar-refractivity contribution is 6.39. The van der Waals surface area contributed by atoms with Gasteiger partial charge in [0.05, 0.1) is 12.8 Å². The van der Waals surface area contributed by atoms with Crippen molar-refractivity contribution >= 4 is 41.0 Å². The topological polar surface area (TPSA) is 110 Å². The molecule has 1 heterocycles. The fourth-order valence-electron chi connectivity index (χ4n) is 1.27. The van der Waals surface area contributed by atoms with E-state index in [1.807, 2.05) is 0 Å². The Labute approximate surface area is 140 Å². The van der Waals surface area contributed by atoms with Crippen LogP contribution in [0.25, 0.3) is 0 Å². The highest BCUT2D eigenvalue weighted by Gasteiger charge is 2.24. The summed E-state index contributed by atoms with van der Waals surface area (Å²) in [5.41, 5.74) is 5.20. The molecule has 0 spiro atoms. The van der Waals surface area contributed by atoms with Crippen molar-refractivity contribution in [3.63, 3.8) is 0 Å². The second kappa shape index (κ2) is 8.02. The molecule has 1 aromatic heterocycles. The van der Waals surface area contributed by atoms with E-state index in [0.717, 1.165) is 7.11 Å². The van der Waals surface area contributed by atoms with E-state index in [-0.39, 0.29) is 10.7 Å². The number of aromatic nitrogens is 1. The van der Waals surface area contributed by atoms with Gasteiger partial charge in [0.25, 0.3) is 0 Å². The van der Waals surface area contributed by atoms with Gasteiger partial charge in [-0.3, -0.25) is 0 Å². The minimum absolute atomic E-state index is 0.255. The normalized spacial score (nSPS) is 13.0. The van der Waals surface area contributed by atoms with Crippen molar-refractivity contribution in [2.75, 3.05) is 12.8 Å². The quantitative estimate of drug-likeness (QED) is 0.478. The predicted octanol–water partition coefficient (Wildman–Crippen LogP) is 2.55. The number of pyridine rings is 1. The van der Waals surface area contributed by atoms with E-state index in [2.05, 4.69) is 14.5 Å². The van der Waals surface area contributed by atoms with Crippen molar-refractivity contribution in [3.8, 4) is 5.88 Å². The van der Waals surface area contributed by atoms with Crippen LogP contribution in [0, 0.1) is 5.95 Å². The Balaban J connectivity index is 2.74. The van der Waals surface area contributed by atoms with Crippen LogP contribution in [-0.2, 0) is 19.0 Å². The van der Waals surface area contributed by atoms with Crippen molar-refractivity contribution in [1.29, 1.82) is 0 Å². The van der Waals surface area contributed by atoms with Crippen LogP contribution < -0.4 is 10.5 Å². The molecule has 0 fully saturated rings. The van der Waals surface area contributed by atoms with Gasteiger partial charge in [-0.15, -0.1) is 0 Å². The summed E-state index contributed by atoms with van der Waals surface area (Å²) < 4.78 is 32.1. The molecule has 0 saturated heterocycles.